The third-order valence-electron chi connectivity index (χ3n) is 5.85. The van der Waals surface area contributed by atoms with E-state index in [1.54, 1.807) is 19.2 Å². The van der Waals surface area contributed by atoms with Crippen molar-refractivity contribution < 1.29 is 24.2 Å². The molecule has 1 amide bonds. The highest BCUT2D eigenvalue weighted by molar-refractivity contribution is 6.02. The summed E-state index contributed by atoms with van der Waals surface area (Å²) < 4.78 is 11.3. The quantitative estimate of drug-likeness (QED) is 0.563. The van der Waals surface area contributed by atoms with E-state index in [-0.39, 0.29) is 36.5 Å². The number of rotatable bonds is 6. The largest absolute Gasteiger partial charge is 0.394 e. The van der Waals surface area contributed by atoms with Crippen molar-refractivity contribution in [2.45, 2.75) is 38.2 Å². The van der Waals surface area contributed by atoms with E-state index in [1.165, 1.54) is 0 Å². The lowest BCUT2D eigenvalue weighted by atomic mass is 10.0. The predicted molar refractivity (Wildman–Crippen MR) is 122 cm³/mol. The van der Waals surface area contributed by atoms with Crippen LogP contribution in [0.2, 0.25) is 0 Å². The maximum atomic E-state index is 12.9. The van der Waals surface area contributed by atoms with Gasteiger partial charge in [0.2, 0.25) is 0 Å². The summed E-state index contributed by atoms with van der Waals surface area (Å²) in [7, 11) is 0. The van der Waals surface area contributed by atoms with Gasteiger partial charge in [0.05, 0.1) is 31.0 Å². The number of benzene rings is 1. The molecule has 0 saturated carbocycles. The van der Waals surface area contributed by atoms with Crippen molar-refractivity contribution in [1.29, 1.82) is 0 Å². The number of aliphatic hydroxyl groups is 1. The predicted octanol–water partition coefficient (Wildman–Crippen LogP) is 1.53. The molecule has 34 heavy (non-hydrogen) atoms. The molecule has 2 aromatic heterocycles. The number of ether oxygens (including phenoxy) is 2. The maximum absolute atomic E-state index is 12.9. The third-order valence-corrected chi connectivity index (χ3v) is 5.85. The fraction of sp³-hybridized carbons (Fsp3) is 0.375. The van der Waals surface area contributed by atoms with Crippen LogP contribution in [0.1, 0.15) is 34.0 Å². The fourth-order valence-corrected chi connectivity index (χ4v) is 4.03. The van der Waals surface area contributed by atoms with Crippen LogP contribution in [0.25, 0.3) is 10.9 Å². The monoisotopic (exact) mass is 463 g/mol. The number of oxime groups is 1. The SMILES string of the molecule is Cc1nc(C(=O)NCc2ccnc3ccccc23)cc(C2=NOC([C@H]3CO[C@H](CO)CO3)C2)n1. The Kier molecular flexibility index (Phi) is 6.43. The summed E-state index contributed by atoms with van der Waals surface area (Å²) >= 11 is 0. The number of para-hydroxylation sites is 1. The first kappa shape index (κ1) is 22.3. The normalized spacial score (nSPS) is 22.3. The molecule has 1 unspecified atom stereocenters. The standard InChI is InChI=1S/C24H25N5O5/c1-14-27-19(20-9-22(34-29-20)23-13-32-16(11-30)12-33-23)8-21(28-14)24(31)26-10-15-6-7-25-18-5-3-2-4-17(15)18/h2-8,16,22-23,30H,9-13H2,1H3,(H,26,31)/t16-,22?,23-/m1/s1. The average Bonchev–Trinajstić information content (AvgIpc) is 3.37. The molecule has 3 aromatic rings. The van der Waals surface area contributed by atoms with Gasteiger partial charge in [0.15, 0.2) is 6.10 Å². The minimum absolute atomic E-state index is 0.0809. The fourth-order valence-electron chi connectivity index (χ4n) is 4.03. The summed E-state index contributed by atoms with van der Waals surface area (Å²) in [6, 6.07) is 11.3. The van der Waals surface area contributed by atoms with Crippen molar-refractivity contribution in [2.24, 2.45) is 5.16 Å². The van der Waals surface area contributed by atoms with E-state index in [0.717, 1.165) is 16.5 Å². The lowest BCUT2D eigenvalue weighted by Gasteiger charge is -2.30. The van der Waals surface area contributed by atoms with E-state index < -0.39 is 0 Å². The Balaban J connectivity index is 1.25. The molecule has 2 aliphatic heterocycles. The van der Waals surface area contributed by atoms with Crippen molar-refractivity contribution in [1.82, 2.24) is 20.3 Å². The Morgan fingerprint density at radius 1 is 1.15 bits per heavy atom. The van der Waals surface area contributed by atoms with Gasteiger partial charge in [-0.25, -0.2) is 9.97 Å². The second kappa shape index (κ2) is 9.80. The van der Waals surface area contributed by atoms with Gasteiger partial charge in [-0.1, -0.05) is 23.4 Å². The Hall–Kier alpha value is -3.47. The van der Waals surface area contributed by atoms with E-state index in [0.29, 0.717) is 43.4 Å². The van der Waals surface area contributed by atoms with Gasteiger partial charge in [0.25, 0.3) is 5.91 Å². The molecule has 3 atom stereocenters. The van der Waals surface area contributed by atoms with Crippen LogP contribution in [0, 0.1) is 6.92 Å². The summed E-state index contributed by atoms with van der Waals surface area (Å²) in [5.74, 6) is 0.161. The number of nitrogens with zero attached hydrogens (tertiary/aromatic N) is 4. The van der Waals surface area contributed by atoms with Gasteiger partial charge in [-0.15, -0.1) is 0 Å². The maximum Gasteiger partial charge on any atom is 0.270 e. The summed E-state index contributed by atoms with van der Waals surface area (Å²) in [5.41, 5.74) is 3.27. The van der Waals surface area contributed by atoms with Gasteiger partial charge in [0.1, 0.15) is 29.4 Å². The first-order chi connectivity index (χ1) is 16.6. The van der Waals surface area contributed by atoms with Crippen LogP contribution in [0.3, 0.4) is 0 Å². The topological polar surface area (TPSA) is 128 Å². The van der Waals surface area contributed by atoms with Crippen molar-refractivity contribution in [3.63, 3.8) is 0 Å². The number of aryl methyl sites for hydroxylation is 1. The summed E-state index contributed by atoms with van der Waals surface area (Å²) in [4.78, 5) is 31.6. The van der Waals surface area contributed by atoms with Gasteiger partial charge in [-0.3, -0.25) is 9.78 Å². The third kappa shape index (κ3) is 4.74. The minimum Gasteiger partial charge on any atom is -0.394 e. The lowest BCUT2D eigenvalue weighted by Crippen LogP contribution is -2.43. The molecule has 2 aliphatic rings. The first-order valence-electron chi connectivity index (χ1n) is 11.1. The molecule has 0 radical (unpaired) electrons. The molecular formula is C24H25N5O5. The van der Waals surface area contributed by atoms with Crippen LogP contribution in [0.15, 0.2) is 47.8 Å². The van der Waals surface area contributed by atoms with Crippen LogP contribution in [0.5, 0.6) is 0 Å². The molecule has 1 aromatic carbocycles. The number of carbonyl (C=O) groups is 1. The highest BCUT2D eigenvalue weighted by atomic mass is 16.7. The molecule has 0 bridgehead atoms. The smallest absolute Gasteiger partial charge is 0.270 e. The summed E-state index contributed by atoms with van der Waals surface area (Å²) in [6.07, 6.45) is 1.29. The zero-order chi connectivity index (χ0) is 23.5. The number of carbonyl (C=O) groups excluding carboxylic acids is 1. The molecule has 5 rings (SSSR count). The van der Waals surface area contributed by atoms with Crippen LogP contribution in [-0.2, 0) is 20.9 Å². The van der Waals surface area contributed by atoms with E-state index in [9.17, 15) is 9.90 Å². The number of hydrogen-bond donors (Lipinski definition) is 2. The van der Waals surface area contributed by atoms with Crippen molar-refractivity contribution >= 4 is 22.5 Å². The first-order valence-corrected chi connectivity index (χ1v) is 11.1. The molecular weight excluding hydrogens is 438 g/mol. The lowest BCUT2D eigenvalue weighted by molar-refractivity contribution is -0.178. The second-order valence-electron chi connectivity index (χ2n) is 8.25. The molecule has 176 valence electrons. The molecule has 1 fully saturated rings. The Morgan fingerprint density at radius 2 is 2.03 bits per heavy atom. The number of pyridine rings is 1. The highest BCUT2D eigenvalue weighted by Gasteiger charge is 2.35. The number of nitrogens with one attached hydrogen (secondary N) is 1. The second-order valence-corrected chi connectivity index (χ2v) is 8.25. The minimum atomic E-state index is -0.317. The Labute approximate surface area is 196 Å². The number of amides is 1. The van der Waals surface area contributed by atoms with Gasteiger partial charge < -0.3 is 24.7 Å². The number of aromatic nitrogens is 3. The average molecular weight is 463 g/mol. The van der Waals surface area contributed by atoms with Crippen LogP contribution in [-0.4, -0.2) is 69.8 Å². The highest BCUT2D eigenvalue weighted by Crippen LogP contribution is 2.23. The molecule has 1 saturated heterocycles. The molecule has 0 aliphatic carbocycles. The van der Waals surface area contributed by atoms with Gasteiger partial charge in [-0.05, 0) is 30.7 Å². The summed E-state index contributed by atoms with van der Waals surface area (Å²) in [6.45, 7) is 2.62. The number of hydrogen-bond acceptors (Lipinski definition) is 9. The molecule has 10 nitrogen and oxygen atoms in total. The van der Waals surface area contributed by atoms with Gasteiger partial charge >= 0.3 is 0 Å². The Morgan fingerprint density at radius 3 is 2.85 bits per heavy atom. The summed E-state index contributed by atoms with van der Waals surface area (Å²) in [5, 5.41) is 17.3. The molecule has 10 heteroatoms. The van der Waals surface area contributed by atoms with Crippen molar-refractivity contribution in [3.8, 4) is 0 Å². The van der Waals surface area contributed by atoms with Crippen molar-refractivity contribution in [2.75, 3.05) is 19.8 Å². The Bertz CT molecular complexity index is 1220. The molecule has 2 N–H and O–H groups in total. The molecule has 4 heterocycles. The molecule has 0 spiro atoms. The van der Waals surface area contributed by atoms with Crippen molar-refractivity contribution in [3.05, 3.63) is 65.4 Å². The van der Waals surface area contributed by atoms with E-state index in [2.05, 4.69) is 25.4 Å². The van der Waals surface area contributed by atoms with Crippen LogP contribution in [0.4, 0.5) is 0 Å². The van der Waals surface area contributed by atoms with Gasteiger partial charge in [0, 0.05) is 24.5 Å². The zero-order valence-corrected chi connectivity index (χ0v) is 18.7. The number of fused-ring (bicyclic) bond motifs is 1. The van der Waals surface area contributed by atoms with E-state index >= 15 is 0 Å². The zero-order valence-electron chi connectivity index (χ0n) is 18.7. The van der Waals surface area contributed by atoms with Gasteiger partial charge in [-0.2, -0.15) is 0 Å². The van der Waals surface area contributed by atoms with E-state index in [4.69, 9.17) is 14.3 Å². The van der Waals surface area contributed by atoms with Crippen LogP contribution < -0.4 is 5.32 Å². The number of aliphatic hydroxyl groups excluding tert-OH is 1. The van der Waals surface area contributed by atoms with Crippen LogP contribution >= 0.6 is 0 Å². The van der Waals surface area contributed by atoms with E-state index in [1.807, 2.05) is 30.3 Å².